The maximum Gasteiger partial charge on any atom is 0.263 e. The largest absolute Gasteiger partial charge is 0.282 e. The van der Waals surface area contributed by atoms with Crippen molar-refractivity contribution < 1.29 is 0 Å². The van der Waals surface area contributed by atoms with Gasteiger partial charge < -0.3 is 0 Å². The van der Waals surface area contributed by atoms with Crippen molar-refractivity contribution in [1.82, 2.24) is 14.5 Å². The zero-order valence-electron chi connectivity index (χ0n) is 15.5. The Hall–Kier alpha value is -2.15. The van der Waals surface area contributed by atoms with E-state index in [-0.39, 0.29) is 5.56 Å². The van der Waals surface area contributed by atoms with E-state index in [4.69, 9.17) is 16.6 Å². The van der Waals surface area contributed by atoms with Gasteiger partial charge in [0.25, 0.3) is 5.56 Å². The molecule has 3 heterocycles. The average molecular weight is 428 g/mol. The van der Waals surface area contributed by atoms with Gasteiger partial charge in [0.2, 0.25) is 0 Å². The Labute approximate surface area is 176 Å². The van der Waals surface area contributed by atoms with Crippen LogP contribution in [-0.4, -0.2) is 14.5 Å². The summed E-state index contributed by atoms with van der Waals surface area (Å²) >= 11 is 9.23. The van der Waals surface area contributed by atoms with E-state index in [1.165, 1.54) is 0 Å². The molecule has 1 aromatic carbocycles. The van der Waals surface area contributed by atoms with Crippen molar-refractivity contribution in [3.63, 3.8) is 0 Å². The van der Waals surface area contributed by atoms with Crippen molar-refractivity contribution in [2.75, 3.05) is 0 Å². The van der Waals surface area contributed by atoms with Crippen molar-refractivity contribution in [3.8, 4) is 0 Å². The Morgan fingerprint density at radius 1 is 1.18 bits per heavy atom. The maximum absolute atomic E-state index is 13.3. The highest BCUT2D eigenvalue weighted by atomic mass is 35.5. The molecule has 0 bridgehead atoms. The number of aryl methyl sites for hydroxylation is 2. The highest BCUT2D eigenvalue weighted by Gasteiger charge is 2.17. The molecular formula is C21H18ClN3OS2. The van der Waals surface area contributed by atoms with Crippen LogP contribution in [0, 0.1) is 13.8 Å². The van der Waals surface area contributed by atoms with E-state index in [0.29, 0.717) is 22.5 Å². The molecule has 0 spiro atoms. The Morgan fingerprint density at radius 3 is 2.75 bits per heavy atom. The van der Waals surface area contributed by atoms with Crippen molar-refractivity contribution in [3.05, 3.63) is 85.7 Å². The first kappa shape index (κ1) is 19.2. The standard InChI is InChI=1S/C21H18ClN3OS2/c1-13-14(2)28-19-18(13)20(26)25(11-16-6-4-8-23-10-16)21(24-19)27-12-15-5-3-7-17(22)9-15/h3-10H,11-12H2,1-2H3. The summed E-state index contributed by atoms with van der Waals surface area (Å²) in [6, 6.07) is 11.6. The zero-order chi connectivity index (χ0) is 19.7. The second kappa shape index (κ2) is 8.07. The van der Waals surface area contributed by atoms with Crippen LogP contribution in [0.4, 0.5) is 0 Å². The number of rotatable bonds is 5. The van der Waals surface area contributed by atoms with Gasteiger partial charge in [0.15, 0.2) is 5.16 Å². The van der Waals surface area contributed by atoms with Crippen LogP contribution in [0.3, 0.4) is 0 Å². The van der Waals surface area contributed by atoms with Gasteiger partial charge >= 0.3 is 0 Å². The Morgan fingerprint density at radius 2 is 2.00 bits per heavy atom. The fraction of sp³-hybridized carbons (Fsp3) is 0.190. The minimum atomic E-state index is 0.00398. The summed E-state index contributed by atoms with van der Waals surface area (Å²) in [6.45, 7) is 4.47. The third-order valence-electron chi connectivity index (χ3n) is 4.57. The fourth-order valence-corrected chi connectivity index (χ4v) is 5.23. The summed E-state index contributed by atoms with van der Waals surface area (Å²) in [5, 5.41) is 2.14. The van der Waals surface area contributed by atoms with Crippen LogP contribution in [0.5, 0.6) is 0 Å². The van der Waals surface area contributed by atoms with Gasteiger partial charge in [0.1, 0.15) is 4.83 Å². The van der Waals surface area contributed by atoms with Crippen molar-refractivity contribution >= 4 is 44.9 Å². The first-order valence-corrected chi connectivity index (χ1v) is 11.0. The second-order valence-corrected chi connectivity index (χ2v) is 9.11. The van der Waals surface area contributed by atoms with E-state index in [9.17, 15) is 4.79 Å². The SMILES string of the molecule is Cc1sc2nc(SCc3cccc(Cl)c3)n(Cc3cccnc3)c(=O)c2c1C. The smallest absolute Gasteiger partial charge is 0.263 e. The number of halogens is 1. The first-order valence-electron chi connectivity index (χ1n) is 8.79. The lowest BCUT2D eigenvalue weighted by Gasteiger charge is -2.12. The van der Waals surface area contributed by atoms with E-state index < -0.39 is 0 Å². The molecule has 4 nitrogen and oxygen atoms in total. The molecule has 28 heavy (non-hydrogen) atoms. The molecule has 0 atom stereocenters. The van der Waals surface area contributed by atoms with Gasteiger partial charge in [-0.05, 0) is 48.7 Å². The van der Waals surface area contributed by atoms with Gasteiger partial charge in [0.05, 0.1) is 11.9 Å². The Kier molecular flexibility index (Phi) is 5.53. The fourth-order valence-electron chi connectivity index (χ4n) is 3.01. The van der Waals surface area contributed by atoms with Gasteiger partial charge in [0, 0.05) is 28.0 Å². The molecule has 7 heteroatoms. The molecule has 4 aromatic rings. The number of fused-ring (bicyclic) bond motifs is 1. The van der Waals surface area contributed by atoms with Gasteiger partial charge in [-0.1, -0.05) is 41.6 Å². The molecule has 0 saturated carbocycles. The molecular weight excluding hydrogens is 410 g/mol. The van der Waals surface area contributed by atoms with Crippen LogP contribution in [0.2, 0.25) is 5.02 Å². The lowest BCUT2D eigenvalue weighted by molar-refractivity contribution is 0.657. The summed E-state index contributed by atoms with van der Waals surface area (Å²) in [6.07, 6.45) is 3.52. The van der Waals surface area contributed by atoms with E-state index in [1.807, 2.05) is 50.2 Å². The molecule has 0 N–H and O–H groups in total. The molecule has 0 aliphatic heterocycles. The average Bonchev–Trinajstić information content (AvgIpc) is 2.97. The lowest BCUT2D eigenvalue weighted by atomic mass is 10.2. The van der Waals surface area contributed by atoms with Crippen LogP contribution in [0.15, 0.2) is 58.7 Å². The molecule has 0 aliphatic rings. The molecule has 142 valence electrons. The van der Waals surface area contributed by atoms with Gasteiger partial charge in [-0.25, -0.2) is 4.98 Å². The van der Waals surface area contributed by atoms with E-state index >= 15 is 0 Å². The number of thioether (sulfide) groups is 1. The number of hydrogen-bond donors (Lipinski definition) is 0. The predicted molar refractivity (Wildman–Crippen MR) is 118 cm³/mol. The van der Waals surface area contributed by atoms with Crippen LogP contribution < -0.4 is 5.56 Å². The van der Waals surface area contributed by atoms with Gasteiger partial charge in [-0.15, -0.1) is 11.3 Å². The van der Waals surface area contributed by atoms with Gasteiger partial charge in [-0.2, -0.15) is 0 Å². The minimum absolute atomic E-state index is 0.00398. The molecule has 0 saturated heterocycles. The topological polar surface area (TPSA) is 47.8 Å². The van der Waals surface area contributed by atoms with E-state index in [1.54, 1.807) is 40.1 Å². The molecule has 4 rings (SSSR count). The molecule has 3 aromatic heterocycles. The summed E-state index contributed by atoms with van der Waals surface area (Å²) in [4.78, 5) is 24.3. The summed E-state index contributed by atoms with van der Waals surface area (Å²) < 4.78 is 1.76. The number of nitrogens with zero attached hydrogens (tertiary/aromatic N) is 3. The number of aromatic nitrogens is 3. The normalized spacial score (nSPS) is 11.2. The number of hydrogen-bond acceptors (Lipinski definition) is 5. The number of thiophene rings is 1. The Bertz CT molecular complexity index is 1200. The molecule has 0 radical (unpaired) electrons. The van der Waals surface area contributed by atoms with Gasteiger partial charge in [-0.3, -0.25) is 14.3 Å². The second-order valence-electron chi connectivity index (χ2n) is 6.53. The maximum atomic E-state index is 13.3. The predicted octanol–water partition coefficient (Wildman–Crippen LogP) is 5.46. The van der Waals surface area contributed by atoms with E-state index in [0.717, 1.165) is 31.8 Å². The Balaban J connectivity index is 1.78. The number of pyridine rings is 1. The molecule has 0 amide bonds. The van der Waals surface area contributed by atoms with Crippen LogP contribution in [-0.2, 0) is 12.3 Å². The van der Waals surface area contributed by atoms with Crippen molar-refractivity contribution in [2.45, 2.75) is 31.3 Å². The van der Waals surface area contributed by atoms with Crippen LogP contribution in [0.25, 0.3) is 10.2 Å². The third kappa shape index (κ3) is 3.85. The molecule has 0 aliphatic carbocycles. The molecule has 0 unspecified atom stereocenters. The number of benzene rings is 1. The third-order valence-corrected chi connectivity index (χ3v) is 6.96. The quantitative estimate of drug-likeness (QED) is 0.313. The van der Waals surface area contributed by atoms with Crippen molar-refractivity contribution in [1.29, 1.82) is 0 Å². The van der Waals surface area contributed by atoms with E-state index in [2.05, 4.69) is 4.98 Å². The van der Waals surface area contributed by atoms with Crippen LogP contribution in [0.1, 0.15) is 21.6 Å². The summed E-state index contributed by atoms with van der Waals surface area (Å²) in [7, 11) is 0. The first-order chi connectivity index (χ1) is 13.5. The monoisotopic (exact) mass is 427 g/mol. The minimum Gasteiger partial charge on any atom is -0.282 e. The highest BCUT2D eigenvalue weighted by Crippen LogP contribution is 2.30. The summed E-state index contributed by atoms with van der Waals surface area (Å²) in [5.74, 6) is 0.689. The van der Waals surface area contributed by atoms with Crippen molar-refractivity contribution in [2.24, 2.45) is 0 Å². The lowest BCUT2D eigenvalue weighted by Crippen LogP contribution is -2.24. The summed E-state index contributed by atoms with van der Waals surface area (Å²) in [5.41, 5.74) is 3.09. The highest BCUT2D eigenvalue weighted by molar-refractivity contribution is 7.98. The zero-order valence-corrected chi connectivity index (χ0v) is 17.9. The van der Waals surface area contributed by atoms with Crippen LogP contribution >= 0.6 is 34.7 Å². The molecule has 0 fully saturated rings.